The molecule has 0 saturated carbocycles. The maximum absolute atomic E-state index is 13.0. The van der Waals surface area contributed by atoms with Gasteiger partial charge in [-0.25, -0.2) is 9.18 Å². The van der Waals surface area contributed by atoms with E-state index in [4.69, 9.17) is 4.74 Å². The van der Waals surface area contributed by atoms with E-state index in [9.17, 15) is 14.0 Å². The Morgan fingerprint density at radius 1 is 1.15 bits per heavy atom. The molecule has 1 heterocycles. The van der Waals surface area contributed by atoms with E-state index < -0.39 is 12.1 Å². The molecule has 1 amide bonds. The molecule has 1 aromatic carbocycles. The van der Waals surface area contributed by atoms with Crippen LogP contribution in [0.4, 0.5) is 4.39 Å². The van der Waals surface area contributed by atoms with E-state index in [1.807, 2.05) is 5.38 Å². The number of benzene rings is 1. The number of hydrogen-bond acceptors (Lipinski definition) is 4. The number of ether oxygens (including phenoxy) is 1. The van der Waals surface area contributed by atoms with E-state index in [2.05, 4.69) is 5.32 Å². The van der Waals surface area contributed by atoms with Gasteiger partial charge in [0, 0.05) is 10.3 Å². The van der Waals surface area contributed by atoms with Crippen molar-refractivity contribution in [3.05, 3.63) is 57.0 Å². The summed E-state index contributed by atoms with van der Waals surface area (Å²) < 4.78 is 18.4. The summed E-state index contributed by atoms with van der Waals surface area (Å²) in [5.41, 5.74) is 2.46. The van der Waals surface area contributed by atoms with Crippen LogP contribution < -0.4 is 5.32 Å². The van der Waals surface area contributed by atoms with Gasteiger partial charge < -0.3 is 10.1 Å². The molecule has 4 nitrogen and oxygen atoms in total. The second-order valence-corrected chi connectivity index (χ2v) is 7.55. The van der Waals surface area contributed by atoms with E-state index in [-0.39, 0.29) is 17.8 Å². The zero-order chi connectivity index (χ0) is 18.7. The average Bonchev–Trinajstić information content (AvgIpc) is 3.06. The topological polar surface area (TPSA) is 55.4 Å². The van der Waals surface area contributed by atoms with Crippen LogP contribution in [0.5, 0.6) is 0 Å². The molecule has 1 aromatic heterocycles. The van der Waals surface area contributed by atoms with E-state index >= 15 is 0 Å². The van der Waals surface area contributed by atoms with Crippen LogP contribution in [-0.2, 0) is 22.4 Å². The number of aryl methyl sites for hydroxylation is 1. The van der Waals surface area contributed by atoms with Crippen molar-refractivity contribution in [1.29, 1.82) is 0 Å². The summed E-state index contributed by atoms with van der Waals surface area (Å²) in [6.07, 6.45) is 3.24. The summed E-state index contributed by atoms with van der Waals surface area (Å²) in [5.74, 6) is -1.14. The lowest BCUT2D eigenvalue weighted by atomic mass is 9.96. The summed E-state index contributed by atoms with van der Waals surface area (Å²) in [6.45, 7) is 3.36. The highest BCUT2D eigenvalue weighted by molar-refractivity contribution is 7.10. The van der Waals surface area contributed by atoms with Crippen LogP contribution in [0.15, 0.2) is 29.6 Å². The highest BCUT2D eigenvalue weighted by Gasteiger charge is 2.25. The molecule has 138 valence electrons. The van der Waals surface area contributed by atoms with E-state index in [0.29, 0.717) is 5.56 Å². The Morgan fingerprint density at radius 3 is 2.58 bits per heavy atom. The molecule has 0 fully saturated rings. The summed E-state index contributed by atoms with van der Waals surface area (Å²) in [6, 6.07) is 5.63. The fourth-order valence-electron chi connectivity index (χ4n) is 3.11. The van der Waals surface area contributed by atoms with Gasteiger partial charge in [-0.2, -0.15) is 0 Å². The second-order valence-electron chi connectivity index (χ2n) is 6.59. The van der Waals surface area contributed by atoms with Crippen molar-refractivity contribution in [3.63, 3.8) is 0 Å². The van der Waals surface area contributed by atoms with Crippen LogP contribution in [-0.4, -0.2) is 18.0 Å². The Labute approximate surface area is 156 Å². The lowest BCUT2D eigenvalue weighted by molar-refractivity contribution is -0.129. The molecule has 3 rings (SSSR count). The second kappa shape index (κ2) is 7.99. The average molecular weight is 375 g/mol. The summed E-state index contributed by atoms with van der Waals surface area (Å²) in [4.78, 5) is 26.0. The Kier molecular flexibility index (Phi) is 5.71. The minimum atomic E-state index is -0.899. The molecule has 0 saturated heterocycles. The van der Waals surface area contributed by atoms with Gasteiger partial charge in [-0.3, -0.25) is 4.79 Å². The molecule has 1 aliphatic rings. The van der Waals surface area contributed by atoms with Crippen molar-refractivity contribution in [2.75, 3.05) is 0 Å². The van der Waals surface area contributed by atoms with E-state index in [0.717, 1.165) is 36.8 Å². The smallest absolute Gasteiger partial charge is 0.340 e. The SMILES string of the molecule is CC(OC(=O)c1csc2c1CCCC2)C(=O)NC(C)c1ccc(F)cc1. The van der Waals surface area contributed by atoms with Crippen molar-refractivity contribution in [3.8, 4) is 0 Å². The first-order valence-electron chi connectivity index (χ1n) is 8.81. The molecule has 0 bridgehead atoms. The molecule has 2 unspecified atom stereocenters. The van der Waals surface area contributed by atoms with Crippen molar-refractivity contribution in [1.82, 2.24) is 5.32 Å². The van der Waals surface area contributed by atoms with Crippen LogP contribution in [0.2, 0.25) is 0 Å². The summed E-state index contributed by atoms with van der Waals surface area (Å²) in [5, 5.41) is 4.63. The molecule has 0 radical (unpaired) electrons. The van der Waals surface area contributed by atoms with Crippen LogP contribution in [0.25, 0.3) is 0 Å². The minimum absolute atomic E-state index is 0.307. The molecular formula is C20H22FNO3S. The number of esters is 1. The molecule has 2 aromatic rings. The predicted molar refractivity (Wildman–Crippen MR) is 98.8 cm³/mol. The number of amides is 1. The first-order chi connectivity index (χ1) is 12.5. The Morgan fingerprint density at radius 2 is 1.85 bits per heavy atom. The van der Waals surface area contributed by atoms with E-state index in [1.165, 1.54) is 17.0 Å². The van der Waals surface area contributed by atoms with Gasteiger partial charge in [0.15, 0.2) is 6.10 Å². The molecule has 1 aliphatic carbocycles. The van der Waals surface area contributed by atoms with E-state index in [1.54, 1.807) is 37.3 Å². The number of carbonyl (C=O) groups excluding carboxylic acids is 2. The van der Waals surface area contributed by atoms with Gasteiger partial charge in [0.2, 0.25) is 0 Å². The van der Waals surface area contributed by atoms with Crippen molar-refractivity contribution < 1.29 is 18.7 Å². The fourth-order valence-corrected chi connectivity index (χ4v) is 4.22. The third-order valence-electron chi connectivity index (χ3n) is 4.66. The first kappa shape index (κ1) is 18.6. The number of carbonyl (C=O) groups is 2. The quantitative estimate of drug-likeness (QED) is 0.798. The molecular weight excluding hydrogens is 353 g/mol. The molecule has 26 heavy (non-hydrogen) atoms. The normalized spacial score (nSPS) is 15.7. The molecule has 2 atom stereocenters. The van der Waals surface area contributed by atoms with Crippen LogP contribution in [0.3, 0.4) is 0 Å². The van der Waals surface area contributed by atoms with Crippen LogP contribution in [0, 0.1) is 5.82 Å². The Balaban J connectivity index is 1.59. The molecule has 0 aliphatic heterocycles. The maximum Gasteiger partial charge on any atom is 0.340 e. The van der Waals surface area contributed by atoms with Crippen molar-refractivity contribution >= 4 is 23.2 Å². The Hall–Kier alpha value is -2.21. The predicted octanol–water partition coefficient (Wildman–Crippen LogP) is 4.19. The van der Waals surface area contributed by atoms with Gasteiger partial charge >= 0.3 is 5.97 Å². The number of halogens is 1. The lowest BCUT2D eigenvalue weighted by Gasteiger charge is -2.19. The number of hydrogen-bond donors (Lipinski definition) is 1. The number of thiophene rings is 1. The van der Waals surface area contributed by atoms with Gasteiger partial charge in [0.25, 0.3) is 5.91 Å². The minimum Gasteiger partial charge on any atom is -0.449 e. The largest absolute Gasteiger partial charge is 0.449 e. The first-order valence-corrected chi connectivity index (χ1v) is 9.69. The van der Waals surface area contributed by atoms with Gasteiger partial charge in [-0.1, -0.05) is 12.1 Å². The third-order valence-corrected chi connectivity index (χ3v) is 5.75. The van der Waals surface area contributed by atoms with Crippen LogP contribution >= 0.6 is 11.3 Å². The zero-order valence-corrected chi connectivity index (χ0v) is 15.7. The third kappa shape index (κ3) is 4.12. The lowest BCUT2D eigenvalue weighted by Crippen LogP contribution is -2.37. The summed E-state index contributed by atoms with van der Waals surface area (Å²) >= 11 is 1.59. The van der Waals surface area contributed by atoms with Crippen molar-refractivity contribution in [2.24, 2.45) is 0 Å². The van der Waals surface area contributed by atoms with Gasteiger partial charge in [0.1, 0.15) is 5.82 Å². The standard InChI is InChI=1S/C20H22FNO3S/c1-12(14-7-9-15(21)10-8-14)22-19(23)13(2)25-20(24)17-11-26-18-6-4-3-5-16(17)18/h7-13H,3-6H2,1-2H3,(H,22,23). The summed E-state index contributed by atoms with van der Waals surface area (Å²) in [7, 11) is 0. The fraction of sp³-hybridized carbons (Fsp3) is 0.400. The number of nitrogens with one attached hydrogen (secondary N) is 1. The maximum atomic E-state index is 13.0. The zero-order valence-electron chi connectivity index (χ0n) is 14.9. The van der Waals surface area contributed by atoms with Gasteiger partial charge in [-0.05, 0) is 62.8 Å². The monoisotopic (exact) mass is 375 g/mol. The highest BCUT2D eigenvalue weighted by atomic mass is 32.1. The number of rotatable bonds is 5. The highest BCUT2D eigenvalue weighted by Crippen LogP contribution is 2.30. The van der Waals surface area contributed by atoms with Gasteiger partial charge in [-0.15, -0.1) is 11.3 Å². The van der Waals surface area contributed by atoms with Gasteiger partial charge in [0.05, 0.1) is 11.6 Å². The Bertz CT molecular complexity index is 800. The molecule has 1 N–H and O–H groups in total. The van der Waals surface area contributed by atoms with Crippen molar-refractivity contribution in [2.45, 2.75) is 51.7 Å². The molecule has 6 heteroatoms. The molecule has 0 spiro atoms. The van der Waals surface area contributed by atoms with Crippen LogP contribution in [0.1, 0.15) is 59.1 Å². The number of fused-ring (bicyclic) bond motifs is 1.